The zero-order valence-electron chi connectivity index (χ0n) is 32.0. The van der Waals surface area contributed by atoms with E-state index >= 15 is 0 Å². The molecule has 1 heterocycles. The average molecular weight is 760 g/mol. The summed E-state index contributed by atoms with van der Waals surface area (Å²) >= 11 is 1.25. The lowest BCUT2D eigenvalue weighted by Crippen LogP contribution is -2.67. The molecule has 1 aromatic carbocycles. The van der Waals surface area contributed by atoms with Gasteiger partial charge < -0.3 is 14.9 Å². The highest BCUT2D eigenvalue weighted by atomic mass is 32.2. The van der Waals surface area contributed by atoms with Gasteiger partial charge in [-0.25, -0.2) is 8.42 Å². The Balaban J connectivity index is 1.12. The lowest BCUT2D eigenvalue weighted by molar-refractivity contribution is -0.174. The molecule has 1 unspecified atom stereocenters. The third-order valence-corrected chi connectivity index (χ3v) is 20.5. The van der Waals surface area contributed by atoms with Gasteiger partial charge in [0.05, 0.1) is 18.8 Å². The standard InChI is InChI=1S/C44H57NO6S2/c1-39(2)30-11-8-29(33(39)23-30)26-45(53(49,50)37-7-6-22-52-37)27-43(48)19-16-36-41(43,4)18-15-35-40(3)17-14-31(46)24-42(40)20-21-44(35,36)34(25-42)38(47)28-9-12-32(51-5)13-10-28/h6-7,9-10,12-13,20-22,25,29-31,33,35-36,46,48H,8,11,14-19,23-24,26-27H2,1-5H3/t29-,30-,31?,33-,35+,36+,40+,41-,42-,43+,44+/m0/s1. The number of benzene rings is 1. The molecule has 2 spiro atoms. The molecule has 11 rings (SSSR count). The molecule has 9 heteroatoms. The van der Waals surface area contributed by atoms with E-state index in [1.807, 2.05) is 29.6 Å². The number of aliphatic hydroxyl groups is 2. The number of thiophene rings is 1. The first-order valence-corrected chi connectivity index (χ1v) is 22.4. The van der Waals surface area contributed by atoms with Crippen LogP contribution in [0, 0.1) is 56.7 Å². The average Bonchev–Trinajstić information content (AvgIpc) is 3.78. The number of carbonyl (C=O) groups excluding carboxylic acids is 1. The maximum Gasteiger partial charge on any atom is 0.252 e. The lowest BCUT2D eigenvalue weighted by atomic mass is 9.32. The van der Waals surface area contributed by atoms with Gasteiger partial charge in [0.15, 0.2) is 5.78 Å². The number of methoxy groups -OCH3 is 1. The summed E-state index contributed by atoms with van der Waals surface area (Å²) in [5.41, 5.74) is -1.45. The van der Waals surface area contributed by atoms with Crippen molar-refractivity contribution in [3.8, 4) is 5.75 Å². The second-order valence-electron chi connectivity index (χ2n) is 19.3. The van der Waals surface area contributed by atoms with Crippen molar-refractivity contribution in [1.29, 1.82) is 0 Å². The fraction of sp³-hybridized carbons (Fsp3) is 0.659. The van der Waals surface area contributed by atoms with Crippen molar-refractivity contribution < 1.29 is 28.2 Å². The molecule has 4 bridgehead atoms. The molecule has 9 aliphatic carbocycles. The zero-order valence-corrected chi connectivity index (χ0v) is 33.6. The Morgan fingerprint density at radius 2 is 1.66 bits per heavy atom. The molecule has 1 aromatic heterocycles. The highest BCUT2D eigenvalue weighted by Gasteiger charge is 2.74. The predicted octanol–water partition coefficient (Wildman–Crippen LogP) is 8.29. The van der Waals surface area contributed by atoms with E-state index in [4.69, 9.17) is 4.74 Å². The second-order valence-corrected chi connectivity index (χ2v) is 22.4. The van der Waals surface area contributed by atoms with Crippen LogP contribution in [0.3, 0.4) is 0 Å². The number of rotatable bonds is 9. The Labute approximate surface area is 320 Å². The second kappa shape index (κ2) is 11.9. The predicted molar refractivity (Wildman–Crippen MR) is 207 cm³/mol. The van der Waals surface area contributed by atoms with E-state index in [2.05, 4.69) is 45.9 Å². The van der Waals surface area contributed by atoms with Gasteiger partial charge in [-0.05, 0) is 140 Å². The Morgan fingerprint density at radius 3 is 2.34 bits per heavy atom. The van der Waals surface area contributed by atoms with Crippen molar-refractivity contribution in [3.63, 3.8) is 0 Å². The Bertz CT molecular complexity index is 1970. The summed E-state index contributed by atoms with van der Waals surface area (Å²) in [6.07, 6.45) is 14.8. The van der Waals surface area contributed by atoms with E-state index in [0.29, 0.717) is 53.2 Å². The topological polar surface area (TPSA) is 104 Å². The zero-order chi connectivity index (χ0) is 37.4. The minimum absolute atomic E-state index is 0.00352. The maximum atomic E-state index is 14.9. The smallest absolute Gasteiger partial charge is 0.252 e. The van der Waals surface area contributed by atoms with Gasteiger partial charge in [0, 0.05) is 40.5 Å². The first-order valence-electron chi connectivity index (χ1n) is 20.1. The molecule has 2 N–H and O–H groups in total. The van der Waals surface area contributed by atoms with Crippen molar-refractivity contribution in [2.24, 2.45) is 56.7 Å². The summed E-state index contributed by atoms with van der Waals surface area (Å²) in [5.74, 6) is 2.27. The Hall–Kier alpha value is -2.30. The molecular formula is C44H57NO6S2. The fourth-order valence-corrected chi connectivity index (χ4v) is 16.7. The number of sulfonamides is 1. The highest BCUT2D eigenvalue weighted by molar-refractivity contribution is 7.91. The molecule has 6 saturated carbocycles. The summed E-state index contributed by atoms with van der Waals surface area (Å²) in [5, 5.41) is 26.1. The van der Waals surface area contributed by atoms with Gasteiger partial charge >= 0.3 is 0 Å². The fourth-order valence-electron chi connectivity index (χ4n) is 14.0. The van der Waals surface area contributed by atoms with E-state index in [0.717, 1.165) is 44.1 Å². The lowest BCUT2D eigenvalue weighted by Gasteiger charge is -2.71. The maximum absolute atomic E-state index is 14.9. The normalized spacial score (nSPS) is 43.4. The number of aliphatic hydroxyl groups excluding tert-OH is 1. The molecule has 0 amide bonds. The number of fused-ring (bicyclic) bond motifs is 3. The molecule has 6 fully saturated rings. The minimum atomic E-state index is -3.85. The van der Waals surface area contributed by atoms with E-state index in [1.165, 1.54) is 17.8 Å². The number of ketones is 1. The van der Waals surface area contributed by atoms with Crippen LogP contribution in [0.2, 0.25) is 0 Å². The minimum Gasteiger partial charge on any atom is -0.497 e. The van der Waals surface area contributed by atoms with E-state index in [1.54, 1.807) is 23.5 Å². The Kier molecular flexibility index (Phi) is 8.13. The van der Waals surface area contributed by atoms with Crippen LogP contribution in [-0.4, -0.2) is 60.6 Å². The first kappa shape index (κ1) is 36.3. The summed E-state index contributed by atoms with van der Waals surface area (Å²) < 4.78 is 36.6. The Morgan fingerprint density at radius 1 is 0.943 bits per heavy atom. The van der Waals surface area contributed by atoms with Crippen LogP contribution in [-0.2, 0) is 10.0 Å². The molecule has 0 radical (unpaired) electrons. The van der Waals surface area contributed by atoms with Crippen LogP contribution in [0.5, 0.6) is 5.75 Å². The van der Waals surface area contributed by atoms with Crippen LogP contribution in [0.1, 0.15) is 102 Å². The van der Waals surface area contributed by atoms with Crippen LogP contribution in [0.25, 0.3) is 0 Å². The van der Waals surface area contributed by atoms with Gasteiger partial charge in [-0.2, -0.15) is 4.31 Å². The van der Waals surface area contributed by atoms with Crippen molar-refractivity contribution in [2.75, 3.05) is 20.2 Å². The molecule has 11 atom stereocenters. The SMILES string of the molecule is COc1ccc(C(=O)C2=C[C@@]34C=C[C@@]25[C@@H]2CC[C@@](O)(CN(C[C@@H]6CC[C@H]7C[C@@H]6C7(C)C)S(=O)(=O)c6cccs6)[C@@]2(C)CC[C@@H]5[C@@]3(C)CCC(O)C4)cc1. The van der Waals surface area contributed by atoms with Crippen LogP contribution < -0.4 is 4.74 Å². The van der Waals surface area contributed by atoms with Gasteiger partial charge in [-0.3, -0.25) is 4.79 Å². The molecule has 53 heavy (non-hydrogen) atoms. The van der Waals surface area contributed by atoms with Crippen molar-refractivity contribution in [3.05, 3.63) is 71.1 Å². The van der Waals surface area contributed by atoms with Crippen molar-refractivity contribution >= 4 is 27.1 Å². The molecule has 0 saturated heterocycles. The summed E-state index contributed by atoms with van der Waals surface area (Å²) in [6.45, 7) is 9.80. The molecule has 7 nitrogen and oxygen atoms in total. The largest absolute Gasteiger partial charge is 0.497 e. The first-order chi connectivity index (χ1) is 25.0. The number of nitrogens with zero attached hydrogens (tertiary/aromatic N) is 1. The van der Waals surface area contributed by atoms with Gasteiger partial charge in [0.2, 0.25) is 0 Å². The summed E-state index contributed by atoms with van der Waals surface area (Å²) in [4.78, 5) is 14.9. The number of Topliss-reactive ketones (excluding diaryl/α,β-unsaturated/α-hetero) is 1. The third kappa shape index (κ3) is 4.79. The van der Waals surface area contributed by atoms with E-state index in [9.17, 15) is 23.4 Å². The summed E-state index contributed by atoms with van der Waals surface area (Å²) in [6, 6.07) is 10.9. The number of hydrogen-bond donors (Lipinski definition) is 2. The van der Waals surface area contributed by atoms with E-state index in [-0.39, 0.29) is 40.9 Å². The third-order valence-electron chi connectivity index (χ3n) is 17.3. The number of allylic oxidation sites excluding steroid dienone is 4. The van der Waals surface area contributed by atoms with Gasteiger partial charge in [0.25, 0.3) is 10.0 Å². The van der Waals surface area contributed by atoms with Gasteiger partial charge in [-0.1, -0.05) is 52.0 Å². The van der Waals surface area contributed by atoms with Gasteiger partial charge in [-0.15, -0.1) is 11.3 Å². The quantitative estimate of drug-likeness (QED) is 0.197. The molecule has 0 aliphatic heterocycles. The molecule has 286 valence electrons. The number of ether oxygens (including phenoxy) is 1. The monoisotopic (exact) mass is 759 g/mol. The highest BCUT2D eigenvalue weighted by Crippen LogP contribution is 2.78. The van der Waals surface area contributed by atoms with Crippen LogP contribution >= 0.6 is 11.3 Å². The van der Waals surface area contributed by atoms with Crippen molar-refractivity contribution in [2.45, 2.75) is 108 Å². The van der Waals surface area contributed by atoms with Crippen molar-refractivity contribution in [1.82, 2.24) is 4.31 Å². The number of carbonyl (C=O) groups is 1. The van der Waals surface area contributed by atoms with Gasteiger partial charge in [0.1, 0.15) is 9.96 Å². The van der Waals surface area contributed by atoms with Crippen LogP contribution in [0.4, 0.5) is 0 Å². The van der Waals surface area contributed by atoms with E-state index < -0.39 is 38.0 Å². The summed E-state index contributed by atoms with van der Waals surface area (Å²) in [7, 11) is -2.22. The number of hydrogen-bond acceptors (Lipinski definition) is 7. The van der Waals surface area contributed by atoms with Crippen LogP contribution in [0.15, 0.2) is 69.8 Å². The molecule has 2 aromatic rings. The molecular weight excluding hydrogens is 703 g/mol. The molecule has 9 aliphatic rings.